The molecule has 1 heterocycles. The van der Waals surface area contributed by atoms with Crippen LogP contribution in [0, 0.1) is 5.92 Å². The van der Waals surface area contributed by atoms with Crippen molar-refractivity contribution in [1.82, 2.24) is 10.2 Å². The molecule has 2 N–H and O–H groups in total. The van der Waals surface area contributed by atoms with Crippen LogP contribution in [-0.4, -0.2) is 54.9 Å². The molecule has 1 saturated heterocycles. The molecule has 1 unspecified atom stereocenters. The number of carbonyl (C=O) groups excluding carboxylic acids is 1. The Bertz CT molecular complexity index is 272. The van der Waals surface area contributed by atoms with Gasteiger partial charge in [-0.2, -0.15) is 13.2 Å². The van der Waals surface area contributed by atoms with E-state index in [0.717, 1.165) is 12.8 Å². The van der Waals surface area contributed by atoms with Crippen LogP contribution in [-0.2, 0) is 4.79 Å². The average molecular weight is 268 g/mol. The van der Waals surface area contributed by atoms with Gasteiger partial charge in [0.05, 0.1) is 6.42 Å². The van der Waals surface area contributed by atoms with E-state index in [9.17, 15) is 18.0 Å². The third kappa shape index (κ3) is 6.20. The number of halogens is 3. The lowest BCUT2D eigenvalue weighted by atomic mass is 9.98. The summed E-state index contributed by atoms with van der Waals surface area (Å²) in [6.45, 7) is 1.14. The number of alkyl halides is 3. The predicted octanol–water partition coefficient (Wildman–Crippen LogP) is 0.759. The van der Waals surface area contributed by atoms with Crippen molar-refractivity contribution in [3.05, 3.63) is 0 Å². The van der Waals surface area contributed by atoms with Crippen LogP contribution >= 0.6 is 0 Å². The lowest BCUT2D eigenvalue weighted by Crippen LogP contribution is -2.42. The van der Waals surface area contributed by atoms with Crippen LogP contribution in [0.1, 0.15) is 19.3 Å². The van der Waals surface area contributed by atoms with Gasteiger partial charge in [0.1, 0.15) is 6.61 Å². The SMILES string of the molecule is O=C(CO)NCC1CCCN(CCC(F)(F)F)C1. The molecule has 0 bridgehead atoms. The first-order chi connectivity index (χ1) is 8.40. The Morgan fingerprint density at radius 2 is 2.17 bits per heavy atom. The van der Waals surface area contributed by atoms with Crippen LogP contribution in [0.5, 0.6) is 0 Å². The highest BCUT2D eigenvalue weighted by Crippen LogP contribution is 2.22. The standard InChI is InChI=1S/C11H19F3N2O2/c12-11(13,14)3-5-16-4-1-2-9(7-16)6-15-10(18)8-17/h9,17H,1-8H2,(H,15,18). The van der Waals surface area contributed by atoms with E-state index in [1.54, 1.807) is 4.90 Å². The molecule has 1 aliphatic rings. The van der Waals surface area contributed by atoms with Crippen molar-refractivity contribution in [2.24, 2.45) is 5.92 Å². The van der Waals surface area contributed by atoms with Gasteiger partial charge < -0.3 is 15.3 Å². The van der Waals surface area contributed by atoms with E-state index in [2.05, 4.69) is 5.32 Å². The normalized spacial score (nSPS) is 21.9. The number of rotatable bonds is 5. The first-order valence-electron chi connectivity index (χ1n) is 6.07. The number of nitrogens with one attached hydrogen (secondary N) is 1. The molecule has 0 aromatic heterocycles. The molecule has 0 spiro atoms. The molecule has 7 heteroatoms. The monoisotopic (exact) mass is 268 g/mol. The van der Waals surface area contributed by atoms with E-state index < -0.39 is 25.1 Å². The van der Waals surface area contributed by atoms with E-state index >= 15 is 0 Å². The predicted molar refractivity (Wildman–Crippen MR) is 59.9 cm³/mol. The summed E-state index contributed by atoms with van der Waals surface area (Å²) in [5.41, 5.74) is 0. The van der Waals surface area contributed by atoms with E-state index in [4.69, 9.17) is 5.11 Å². The average Bonchev–Trinajstić information content (AvgIpc) is 2.33. The number of aliphatic hydroxyl groups excluding tert-OH is 1. The number of aliphatic hydroxyl groups is 1. The van der Waals surface area contributed by atoms with Crippen LogP contribution in [0.25, 0.3) is 0 Å². The maximum absolute atomic E-state index is 12.1. The summed E-state index contributed by atoms with van der Waals surface area (Å²) >= 11 is 0. The Kier molecular flexibility index (Phi) is 5.87. The quantitative estimate of drug-likeness (QED) is 0.774. The van der Waals surface area contributed by atoms with Gasteiger partial charge in [-0.15, -0.1) is 0 Å². The van der Waals surface area contributed by atoms with Crippen molar-refractivity contribution in [3.63, 3.8) is 0 Å². The van der Waals surface area contributed by atoms with Crippen molar-refractivity contribution < 1.29 is 23.1 Å². The Balaban J connectivity index is 2.26. The highest BCUT2D eigenvalue weighted by atomic mass is 19.4. The second kappa shape index (κ2) is 6.94. The fourth-order valence-corrected chi connectivity index (χ4v) is 2.12. The largest absolute Gasteiger partial charge is 0.390 e. The van der Waals surface area contributed by atoms with Crippen LogP contribution in [0.3, 0.4) is 0 Å². The molecule has 0 aliphatic carbocycles. The van der Waals surface area contributed by atoms with E-state index in [1.807, 2.05) is 0 Å². The first-order valence-corrected chi connectivity index (χ1v) is 6.07. The maximum atomic E-state index is 12.1. The molecule has 4 nitrogen and oxygen atoms in total. The summed E-state index contributed by atoms with van der Waals surface area (Å²) in [6, 6.07) is 0. The Morgan fingerprint density at radius 3 is 2.78 bits per heavy atom. The lowest BCUT2D eigenvalue weighted by Gasteiger charge is -2.32. The molecule has 0 saturated carbocycles. The van der Waals surface area contributed by atoms with Gasteiger partial charge >= 0.3 is 6.18 Å². The summed E-state index contributed by atoms with van der Waals surface area (Å²) in [4.78, 5) is 12.7. The number of likely N-dealkylation sites (tertiary alicyclic amines) is 1. The smallest absolute Gasteiger partial charge is 0.387 e. The van der Waals surface area contributed by atoms with Gasteiger partial charge in [-0.05, 0) is 25.3 Å². The van der Waals surface area contributed by atoms with Gasteiger partial charge in [0.2, 0.25) is 5.91 Å². The van der Waals surface area contributed by atoms with E-state index in [0.29, 0.717) is 19.6 Å². The molecular weight excluding hydrogens is 249 g/mol. The zero-order valence-electron chi connectivity index (χ0n) is 10.2. The number of nitrogens with zero attached hydrogens (tertiary/aromatic N) is 1. The summed E-state index contributed by atoms with van der Waals surface area (Å²) in [7, 11) is 0. The highest BCUT2D eigenvalue weighted by molar-refractivity contribution is 5.76. The highest BCUT2D eigenvalue weighted by Gasteiger charge is 2.29. The summed E-state index contributed by atoms with van der Waals surface area (Å²) in [6.07, 6.45) is -3.16. The molecule has 0 radical (unpaired) electrons. The van der Waals surface area contributed by atoms with Gasteiger partial charge in [-0.1, -0.05) is 0 Å². The maximum Gasteiger partial charge on any atom is 0.390 e. The minimum absolute atomic E-state index is 0.0218. The minimum atomic E-state index is -4.11. The third-order valence-electron chi connectivity index (χ3n) is 3.05. The molecular formula is C11H19F3N2O2. The van der Waals surface area contributed by atoms with E-state index in [-0.39, 0.29) is 12.5 Å². The molecule has 1 aliphatic heterocycles. The van der Waals surface area contributed by atoms with Crippen molar-refractivity contribution in [3.8, 4) is 0 Å². The fraction of sp³-hybridized carbons (Fsp3) is 0.909. The van der Waals surface area contributed by atoms with E-state index in [1.165, 1.54) is 0 Å². The zero-order valence-corrected chi connectivity index (χ0v) is 10.2. The van der Waals surface area contributed by atoms with Crippen molar-refractivity contribution in [2.45, 2.75) is 25.4 Å². The van der Waals surface area contributed by atoms with Crippen LogP contribution < -0.4 is 5.32 Å². The summed E-state index contributed by atoms with van der Waals surface area (Å²) < 4.78 is 36.3. The topological polar surface area (TPSA) is 52.6 Å². The van der Waals surface area contributed by atoms with Crippen molar-refractivity contribution in [1.29, 1.82) is 0 Å². The second-order valence-electron chi connectivity index (χ2n) is 4.64. The van der Waals surface area contributed by atoms with Gasteiger partial charge in [0, 0.05) is 19.6 Å². The lowest BCUT2D eigenvalue weighted by molar-refractivity contribution is -0.138. The molecule has 106 valence electrons. The number of carbonyl (C=O) groups is 1. The number of hydrogen-bond donors (Lipinski definition) is 2. The zero-order chi connectivity index (χ0) is 13.6. The molecule has 0 aromatic rings. The second-order valence-corrected chi connectivity index (χ2v) is 4.64. The first kappa shape index (κ1) is 15.2. The number of amides is 1. The third-order valence-corrected chi connectivity index (χ3v) is 3.05. The van der Waals surface area contributed by atoms with Gasteiger partial charge in [0.15, 0.2) is 0 Å². The summed E-state index contributed by atoms with van der Waals surface area (Å²) in [5, 5.41) is 11.1. The molecule has 1 fully saturated rings. The number of hydrogen-bond acceptors (Lipinski definition) is 3. The Hall–Kier alpha value is -0.820. The van der Waals surface area contributed by atoms with Crippen LogP contribution in [0.15, 0.2) is 0 Å². The summed E-state index contributed by atoms with van der Waals surface area (Å²) in [5.74, 6) is -0.273. The molecule has 1 amide bonds. The fourth-order valence-electron chi connectivity index (χ4n) is 2.12. The minimum Gasteiger partial charge on any atom is -0.387 e. The number of piperidine rings is 1. The molecule has 1 rings (SSSR count). The van der Waals surface area contributed by atoms with Crippen molar-refractivity contribution in [2.75, 3.05) is 32.8 Å². The van der Waals surface area contributed by atoms with Crippen molar-refractivity contribution >= 4 is 5.91 Å². The van der Waals surface area contributed by atoms with Gasteiger partial charge in [-0.3, -0.25) is 4.79 Å². The van der Waals surface area contributed by atoms with Crippen LogP contribution in [0.2, 0.25) is 0 Å². The van der Waals surface area contributed by atoms with Crippen LogP contribution in [0.4, 0.5) is 13.2 Å². The van der Waals surface area contributed by atoms with Gasteiger partial charge in [-0.25, -0.2) is 0 Å². The molecule has 18 heavy (non-hydrogen) atoms. The Morgan fingerprint density at radius 1 is 1.44 bits per heavy atom. The Labute approximate surface area is 104 Å². The molecule has 1 atom stereocenters. The van der Waals surface area contributed by atoms with Gasteiger partial charge in [0.25, 0.3) is 0 Å². The molecule has 0 aromatic carbocycles.